The van der Waals surface area contributed by atoms with E-state index in [9.17, 15) is 69.4 Å². The molecule has 100 heavy (non-hydrogen) atoms. The standard InChI is InChI=1S/C71H128N3O25P/c1-7-10-12-14-15-16-17-18-19-20-21-22-23-27-33-41-58(80)95-53(48-91-68(87)52(37-9-3)38-30-13-11-8-2)49-93-100(88,89-6)92-45-35-28-25-24-26-31-39-56(78)72-42-34-29-32-40-57(79)73-43-36-44-90-71-67(99-70-65(86)64(85)60(81)50(4)94-70)66(62(83)55(47-76)97-71)98-69-59(74-51(5)77)63(84)61(82)54(46-75)96-69/h9,18-19,37,50,52-55,59-67,69-71,75-76,81-86H,7-8,10-17,20-36,38-49H2,1-6H3,(H,72,78)(H,73,79)(H,74,77)/b19-18+,37-9-/t50?,52?,53-,54?,55?,59?,60-,61+,62+,63-,64+,65?,66+,67?,69-,70+,71-,100?/m1/s1. The molecule has 3 saturated heterocycles. The van der Waals surface area contributed by atoms with Crippen LogP contribution in [0.4, 0.5) is 0 Å². The molecule has 0 spiro atoms. The van der Waals surface area contributed by atoms with E-state index in [0.29, 0.717) is 57.9 Å². The van der Waals surface area contributed by atoms with E-state index in [0.717, 1.165) is 96.8 Å². The van der Waals surface area contributed by atoms with Gasteiger partial charge in [-0.1, -0.05) is 147 Å². The molecule has 28 nitrogen and oxygen atoms in total. The summed E-state index contributed by atoms with van der Waals surface area (Å²) in [6, 6.07) is -1.47. The number of allylic oxidation sites excluding steroid dienone is 3. The van der Waals surface area contributed by atoms with Crippen LogP contribution in [-0.2, 0) is 80.0 Å². The summed E-state index contributed by atoms with van der Waals surface area (Å²) in [7, 11) is -2.84. The van der Waals surface area contributed by atoms with E-state index in [1.54, 1.807) is 0 Å². The van der Waals surface area contributed by atoms with Gasteiger partial charge in [0.1, 0.15) is 73.7 Å². The van der Waals surface area contributed by atoms with E-state index in [1.807, 2.05) is 19.1 Å². The van der Waals surface area contributed by atoms with E-state index < -0.39 is 143 Å². The molecule has 3 amide bonds. The van der Waals surface area contributed by atoms with Crippen molar-refractivity contribution in [2.45, 2.75) is 332 Å². The molecule has 0 aromatic carbocycles. The van der Waals surface area contributed by atoms with Crippen molar-refractivity contribution in [2.75, 3.05) is 59.8 Å². The Labute approximate surface area is 593 Å². The number of phosphoric ester groups is 1. The summed E-state index contributed by atoms with van der Waals surface area (Å²) < 4.78 is 76.9. The highest BCUT2D eigenvalue weighted by molar-refractivity contribution is 7.48. The van der Waals surface area contributed by atoms with Crippen LogP contribution in [0.5, 0.6) is 0 Å². The van der Waals surface area contributed by atoms with Crippen LogP contribution >= 0.6 is 7.82 Å². The lowest BCUT2D eigenvalue weighted by molar-refractivity contribution is -0.385. The second kappa shape index (κ2) is 54.0. The Balaban J connectivity index is 1.34. The minimum Gasteiger partial charge on any atom is -0.461 e. The highest BCUT2D eigenvalue weighted by Crippen LogP contribution is 2.49. The fourth-order valence-corrected chi connectivity index (χ4v) is 12.9. The summed E-state index contributed by atoms with van der Waals surface area (Å²) in [5.74, 6) is -2.27. The second-order valence-electron chi connectivity index (χ2n) is 26.5. The summed E-state index contributed by atoms with van der Waals surface area (Å²) >= 11 is 0. The SMILES string of the molecule is C/C=C\C(CCCCCC)C(=O)OC[C@H](COP(=O)(OC)OCCCCCCCCC(=O)NCCCCCC(=O)NCCCO[C@@H]1OC(CO)[C@H](O)[C@H](O[C@H]2OC(CO)[C@H](O)[C@H](O)C2NC(C)=O)C1O[C@@H]1OC(C)[C@@H](O)[C@H](O)C1O)OC(=O)CCCCCCC/C=C/CCCCCCCC. The zero-order valence-corrected chi connectivity index (χ0v) is 61.6. The molecular weight excluding hydrogens is 1330 g/mol. The summed E-state index contributed by atoms with van der Waals surface area (Å²) in [6.07, 6.45) is 11.9. The van der Waals surface area contributed by atoms with Gasteiger partial charge in [-0.2, -0.15) is 0 Å². The number of carbonyl (C=O) groups excluding carboxylic acids is 5. The summed E-state index contributed by atoms with van der Waals surface area (Å²) in [4.78, 5) is 63.8. The fourth-order valence-electron chi connectivity index (χ4n) is 11.9. The first-order valence-electron chi connectivity index (χ1n) is 37.3. The maximum absolute atomic E-state index is 13.5. The summed E-state index contributed by atoms with van der Waals surface area (Å²) in [5.41, 5.74) is 0. The van der Waals surface area contributed by atoms with Crippen molar-refractivity contribution in [2.24, 2.45) is 5.92 Å². The third kappa shape index (κ3) is 36.4. The Bertz CT molecular complexity index is 2310. The zero-order chi connectivity index (χ0) is 73.5. The summed E-state index contributed by atoms with van der Waals surface area (Å²) in [6.45, 7) is 7.15. The summed E-state index contributed by atoms with van der Waals surface area (Å²) in [5, 5.41) is 93.1. The molecule has 8 unspecified atom stereocenters. The van der Waals surface area contributed by atoms with Gasteiger partial charge >= 0.3 is 19.8 Å². The highest BCUT2D eigenvalue weighted by Gasteiger charge is 2.55. The van der Waals surface area contributed by atoms with Crippen LogP contribution < -0.4 is 16.0 Å². The van der Waals surface area contributed by atoms with Crippen LogP contribution in [-0.4, -0.2) is 229 Å². The first-order valence-corrected chi connectivity index (χ1v) is 38.7. The highest BCUT2D eigenvalue weighted by atomic mass is 31.2. The molecule has 0 aromatic rings. The number of unbranched alkanes of at least 4 members (excludes halogenated alkanes) is 21. The lowest BCUT2D eigenvalue weighted by atomic mass is 9.95. The zero-order valence-electron chi connectivity index (χ0n) is 60.7. The molecule has 3 aliphatic rings. The number of ether oxygens (including phenoxy) is 8. The number of nitrogens with one attached hydrogen (secondary N) is 3. The number of esters is 2. The number of rotatable bonds is 57. The topological polar surface area (TPSA) is 402 Å². The molecule has 0 aliphatic carbocycles. The Morgan fingerprint density at radius 2 is 1.09 bits per heavy atom. The lowest BCUT2D eigenvalue weighted by Crippen LogP contribution is -2.68. The molecule has 3 aliphatic heterocycles. The molecular formula is C71H128N3O25P. The van der Waals surface area contributed by atoms with Gasteiger partial charge in [-0.05, 0) is 84.5 Å². The van der Waals surface area contributed by atoms with E-state index in [4.69, 9.17) is 51.5 Å². The molecule has 3 heterocycles. The van der Waals surface area contributed by atoms with Crippen LogP contribution in [0.25, 0.3) is 0 Å². The van der Waals surface area contributed by atoms with Gasteiger partial charge in [-0.25, -0.2) is 4.57 Å². The monoisotopic (exact) mass is 1450 g/mol. The first-order chi connectivity index (χ1) is 48.2. The van der Waals surface area contributed by atoms with Crippen molar-refractivity contribution in [1.82, 2.24) is 16.0 Å². The number of phosphoric acid groups is 1. The van der Waals surface area contributed by atoms with E-state index >= 15 is 0 Å². The molecule has 0 saturated carbocycles. The Kier molecular flexibility index (Phi) is 49.0. The average molecular weight is 1450 g/mol. The van der Waals surface area contributed by atoms with E-state index in [-0.39, 0.29) is 64.0 Å². The van der Waals surface area contributed by atoms with E-state index in [1.165, 1.54) is 52.6 Å². The van der Waals surface area contributed by atoms with Crippen LogP contribution in [0.1, 0.15) is 234 Å². The Morgan fingerprint density at radius 1 is 0.550 bits per heavy atom. The fraction of sp³-hybridized carbons (Fsp3) is 0.873. The molecule has 3 fully saturated rings. The average Bonchev–Trinajstić information content (AvgIpc) is 0.775. The number of hydrogen-bond donors (Lipinski definition) is 11. The number of carbonyl (C=O) groups is 5. The third-order valence-electron chi connectivity index (χ3n) is 17.9. The van der Waals surface area contributed by atoms with Crippen LogP contribution in [0.2, 0.25) is 0 Å². The molecule has 18 atom stereocenters. The largest absolute Gasteiger partial charge is 0.474 e. The minimum absolute atomic E-state index is 0.0608. The molecule has 3 rings (SSSR count). The predicted octanol–water partition coefficient (Wildman–Crippen LogP) is 6.98. The van der Waals surface area contributed by atoms with Crippen LogP contribution in [0, 0.1) is 5.92 Å². The van der Waals surface area contributed by atoms with Gasteiger partial charge in [0.2, 0.25) is 17.7 Å². The molecule has 0 bridgehead atoms. The first kappa shape index (κ1) is 90.6. The Morgan fingerprint density at radius 3 is 1.69 bits per heavy atom. The van der Waals surface area contributed by atoms with Gasteiger partial charge in [0.15, 0.2) is 25.0 Å². The van der Waals surface area contributed by atoms with Crippen molar-refractivity contribution >= 4 is 37.5 Å². The van der Waals surface area contributed by atoms with E-state index in [2.05, 4.69) is 41.9 Å². The number of amides is 3. The lowest BCUT2D eigenvalue weighted by Gasteiger charge is -2.49. The van der Waals surface area contributed by atoms with Crippen molar-refractivity contribution in [3.8, 4) is 0 Å². The number of hydrogen-bond acceptors (Lipinski definition) is 25. The second-order valence-corrected chi connectivity index (χ2v) is 28.2. The number of aliphatic hydroxyl groups is 8. The van der Waals surface area contributed by atoms with Crippen molar-refractivity contribution in [3.05, 3.63) is 24.3 Å². The van der Waals surface area contributed by atoms with Crippen LogP contribution in [0.15, 0.2) is 24.3 Å². The molecule has 0 aromatic heterocycles. The van der Waals surface area contributed by atoms with Crippen LogP contribution in [0.3, 0.4) is 0 Å². The molecule has 11 N–H and O–H groups in total. The quantitative estimate of drug-likeness (QED) is 0.0127. The maximum atomic E-state index is 13.5. The van der Waals surface area contributed by atoms with Crippen molar-refractivity contribution in [1.29, 1.82) is 0 Å². The smallest absolute Gasteiger partial charge is 0.461 e. The minimum atomic E-state index is -4.05. The third-order valence-corrected chi connectivity index (χ3v) is 19.3. The van der Waals surface area contributed by atoms with Crippen molar-refractivity contribution in [3.63, 3.8) is 0 Å². The molecule has 582 valence electrons. The molecule has 29 heteroatoms. The maximum Gasteiger partial charge on any atom is 0.474 e. The van der Waals surface area contributed by atoms with Crippen molar-refractivity contribution < 1.29 is 121 Å². The van der Waals surface area contributed by atoms with Gasteiger partial charge in [-0.3, -0.25) is 37.5 Å². The normalized spacial score (nSPS) is 26.8. The molecule has 0 radical (unpaired) electrons. The number of aliphatic hydroxyl groups excluding tert-OH is 8. The van der Waals surface area contributed by atoms with Gasteiger partial charge < -0.3 is 94.7 Å². The predicted molar refractivity (Wildman–Crippen MR) is 370 cm³/mol. The Hall–Kier alpha value is -3.62. The van der Waals surface area contributed by atoms with Gasteiger partial charge in [0, 0.05) is 46.4 Å². The van der Waals surface area contributed by atoms with Gasteiger partial charge in [0.05, 0.1) is 45.1 Å². The van der Waals surface area contributed by atoms with Gasteiger partial charge in [0.25, 0.3) is 0 Å². The van der Waals surface area contributed by atoms with Gasteiger partial charge in [-0.15, -0.1) is 0 Å².